The molecule has 1 saturated carbocycles. The van der Waals surface area contributed by atoms with Gasteiger partial charge in [0.1, 0.15) is 0 Å². The highest BCUT2D eigenvalue weighted by Gasteiger charge is 2.26. The summed E-state index contributed by atoms with van der Waals surface area (Å²) in [5, 5.41) is 5.33. The fourth-order valence-corrected chi connectivity index (χ4v) is 4.75. The minimum Gasteiger partial charge on any atom is -0.490 e. The van der Waals surface area contributed by atoms with Gasteiger partial charge in [0.2, 0.25) is 21.8 Å². The first-order valence-corrected chi connectivity index (χ1v) is 12.4. The number of ether oxygens (including phenoxy) is 1. The van der Waals surface area contributed by atoms with E-state index in [1.165, 1.54) is 6.07 Å². The van der Waals surface area contributed by atoms with Crippen molar-refractivity contribution in [1.82, 2.24) is 15.4 Å². The first kappa shape index (κ1) is 23.6. The highest BCUT2D eigenvalue weighted by atomic mass is 32.2. The van der Waals surface area contributed by atoms with E-state index in [0.29, 0.717) is 50.3 Å². The maximum atomic E-state index is 13.9. The summed E-state index contributed by atoms with van der Waals surface area (Å²) in [6, 6.07) is 3.46. The van der Waals surface area contributed by atoms with Gasteiger partial charge in [-0.3, -0.25) is 14.9 Å². The van der Waals surface area contributed by atoms with Gasteiger partial charge in [-0.2, -0.15) is 0 Å². The van der Waals surface area contributed by atoms with Crippen LogP contribution in [0.25, 0.3) is 0 Å². The highest BCUT2D eigenvalue weighted by molar-refractivity contribution is 7.89. The van der Waals surface area contributed by atoms with Gasteiger partial charge in [0.25, 0.3) is 0 Å². The molecular weight excluding hydrogens is 425 g/mol. The molecule has 0 aromatic heterocycles. The zero-order chi connectivity index (χ0) is 22.4. The van der Waals surface area contributed by atoms with Crippen molar-refractivity contribution in [2.75, 3.05) is 18.9 Å². The molecule has 0 radical (unpaired) electrons. The molecule has 1 saturated heterocycles. The molecular formula is C21H30FN3O5S. The molecule has 1 aliphatic carbocycles. The van der Waals surface area contributed by atoms with Crippen molar-refractivity contribution in [1.29, 1.82) is 0 Å². The first-order valence-electron chi connectivity index (χ1n) is 10.7. The lowest BCUT2D eigenvalue weighted by atomic mass is 10.1. The van der Waals surface area contributed by atoms with E-state index in [-0.39, 0.29) is 23.3 Å². The molecule has 10 heteroatoms. The van der Waals surface area contributed by atoms with Crippen molar-refractivity contribution in [3.8, 4) is 5.75 Å². The third-order valence-corrected chi connectivity index (χ3v) is 6.99. The molecule has 172 valence electrons. The third-order valence-electron chi connectivity index (χ3n) is 5.45. The Kier molecular flexibility index (Phi) is 8.01. The SMILES string of the molecule is CC(NS(=O)(=O)CCCCNC1CCC(=O)NC1=O)c1ccc(F)c(OCC2CC2)c1. The normalized spacial score (nSPS) is 20.4. The van der Waals surface area contributed by atoms with Gasteiger partial charge in [0.15, 0.2) is 11.6 Å². The van der Waals surface area contributed by atoms with Crippen LogP contribution in [0.3, 0.4) is 0 Å². The second-order valence-corrected chi connectivity index (χ2v) is 10.1. The molecule has 2 atom stereocenters. The molecule has 1 aliphatic heterocycles. The Balaban J connectivity index is 1.40. The van der Waals surface area contributed by atoms with E-state index in [1.54, 1.807) is 19.1 Å². The number of nitrogens with one attached hydrogen (secondary N) is 3. The molecule has 2 fully saturated rings. The van der Waals surface area contributed by atoms with Crippen molar-refractivity contribution >= 4 is 21.8 Å². The molecule has 31 heavy (non-hydrogen) atoms. The van der Waals surface area contributed by atoms with Crippen LogP contribution in [0.5, 0.6) is 5.75 Å². The van der Waals surface area contributed by atoms with E-state index in [2.05, 4.69) is 15.4 Å². The summed E-state index contributed by atoms with van der Waals surface area (Å²) in [5.74, 6) is -0.474. The third kappa shape index (κ3) is 7.55. The van der Waals surface area contributed by atoms with Crippen LogP contribution >= 0.6 is 0 Å². The van der Waals surface area contributed by atoms with Crippen LogP contribution in [0.15, 0.2) is 18.2 Å². The van der Waals surface area contributed by atoms with Crippen LogP contribution in [0.1, 0.15) is 57.1 Å². The van der Waals surface area contributed by atoms with Crippen LogP contribution in [0.4, 0.5) is 4.39 Å². The topological polar surface area (TPSA) is 114 Å². The number of carbonyl (C=O) groups is 2. The number of imide groups is 1. The molecule has 1 heterocycles. The van der Waals surface area contributed by atoms with Gasteiger partial charge in [-0.05, 0) is 69.2 Å². The number of amides is 2. The molecule has 3 N–H and O–H groups in total. The largest absolute Gasteiger partial charge is 0.490 e. The van der Waals surface area contributed by atoms with Crippen LogP contribution in [0, 0.1) is 11.7 Å². The Labute approximate surface area is 182 Å². The fraction of sp³-hybridized carbons (Fsp3) is 0.619. The van der Waals surface area contributed by atoms with Gasteiger partial charge < -0.3 is 10.1 Å². The molecule has 2 aliphatic rings. The predicted octanol–water partition coefficient (Wildman–Crippen LogP) is 1.77. The van der Waals surface area contributed by atoms with Crippen molar-refractivity contribution < 1.29 is 27.1 Å². The summed E-state index contributed by atoms with van der Waals surface area (Å²) < 4.78 is 46.9. The Hall–Kier alpha value is -2.04. The van der Waals surface area contributed by atoms with Gasteiger partial charge in [-0.1, -0.05) is 6.07 Å². The zero-order valence-electron chi connectivity index (χ0n) is 17.7. The summed E-state index contributed by atoms with van der Waals surface area (Å²) in [5.41, 5.74) is 0.635. The minimum absolute atomic E-state index is 0.0550. The standard InChI is InChI=1S/C21H30FN3O5S/c1-14(16-6-7-17(22)19(12-16)30-13-15-4-5-15)25-31(28,29)11-3-2-10-23-18-8-9-20(26)24-21(18)27/h6-7,12,14-15,18,23,25H,2-5,8-11,13H2,1H3,(H,24,26,27). The number of piperidine rings is 1. The van der Waals surface area contributed by atoms with Crippen molar-refractivity contribution in [2.24, 2.45) is 5.92 Å². The Morgan fingerprint density at radius 2 is 2.00 bits per heavy atom. The van der Waals surface area contributed by atoms with E-state index < -0.39 is 27.9 Å². The molecule has 0 bridgehead atoms. The molecule has 2 amide bonds. The Morgan fingerprint density at radius 1 is 1.23 bits per heavy atom. The molecule has 1 aromatic carbocycles. The van der Waals surface area contributed by atoms with Crippen LogP contribution < -0.4 is 20.1 Å². The van der Waals surface area contributed by atoms with E-state index in [4.69, 9.17) is 4.74 Å². The quantitative estimate of drug-likeness (QED) is 0.327. The molecule has 2 unspecified atom stereocenters. The minimum atomic E-state index is -3.53. The summed E-state index contributed by atoms with van der Waals surface area (Å²) in [6.45, 7) is 2.67. The average Bonchev–Trinajstić information content (AvgIpc) is 3.52. The van der Waals surface area contributed by atoms with Crippen molar-refractivity contribution in [3.63, 3.8) is 0 Å². The maximum Gasteiger partial charge on any atom is 0.243 e. The molecule has 3 rings (SSSR count). The van der Waals surface area contributed by atoms with Crippen molar-refractivity contribution in [2.45, 2.75) is 57.5 Å². The van der Waals surface area contributed by atoms with Gasteiger partial charge in [0.05, 0.1) is 18.4 Å². The molecule has 1 aromatic rings. The number of halogens is 1. The maximum absolute atomic E-state index is 13.9. The summed E-state index contributed by atoms with van der Waals surface area (Å²) in [6.07, 6.45) is 3.94. The second kappa shape index (κ2) is 10.5. The van der Waals surface area contributed by atoms with E-state index >= 15 is 0 Å². The lowest BCUT2D eigenvalue weighted by molar-refractivity contribution is -0.134. The lowest BCUT2D eigenvalue weighted by Gasteiger charge is -2.21. The van der Waals surface area contributed by atoms with Gasteiger partial charge >= 0.3 is 0 Å². The summed E-state index contributed by atoms with van der Waals surface area (Å²) in [4.78, 5) is 22.8. The van der Waals surface area contributed by atoms with Crippen molar-refractivity contribution in [3.05, 3.63) is 29.6 Å². The summed E-state index contributed by atoms with van der Waals surface area (Å²) in [7, 11) is -3.53. The lowest BCUT2D eigenvalue weighted by Crippen LogP contribution is -2.50. The predicted molar refractivity (Wildman–Crippen MR) is 113 cm³/mol. The average molecular weight is 456 g/mol. The van der Waals surface area contributed by atoms with E-state index in [0.717, 1.165) is 12.8 Å². The number of benzene rings is 1. The highest BCUT2D eigenvalue weighted by Crippen LogP contribution is 2.31. The Bertz CT molecular complexity index is 904. The first-order chi connectivity index (χ1) is 14.7. The second-order valence-electron chi connectivity index (χ2n) is 8.27. The Morgan fingerprint density at radius 3 is 2.71 bits per heavy atom. The van der Waals surface area contributed by atoms with Crippen LogP contribution in [-0.4, -0.2) is 45.2 Å². The van der Waals surface area contributed by atoms with E-state index in [1.807, 2.05) is 0 Å². The van der Waals surface area contributed by atoms with Gasteiger partial charge in [0, 0.05) is 12.5 Å². The number of hydrogen-bond donors (Lipinski definition) is 3. The summed E-state index contributed by atoms with van der Waals surface area (Å²) >= 11 is 0. The number of unbranched alkanes of at least 4 members (excludes halogenated alkanes) is 1. The number of sulfonamides is 1. The fourth-order valence-electron chi connectivity index (χ4n) is 3.37. The number of hydrogen-bond acceptors (Lipinski definition) is 6. The number of rotatable bonds is 12. The van der Waals surface area contributed by atoms with Crippen LogP contribution in [-0.2, 0) is 19.6 Å². The number of carbonyl (C=O) groups excluding carboxylic acids is 2. The zero-order valence-corrected chi connectivity index (χ0v) is 18.5. The molecule has 8 nitrogen and oxygen atoms in total. The monoisotopic (exact) mass is 455 g/mol. The smallest absolute Gasteiger partial charge is 0.243 e. The van der Waals surface area contributed by atoms with Crippen LogP contribution in [0.2, 0.25) is 0 Å². The van der Waals surface area contributed by atoms with E-state index in [9.17, 15) is 22.4 Å². The van der Waals surface area contributed by atoms with Gasteiger partial charge in [-0.15, -0.1) is 0 Å². The molecule has 0 spiro atoms. The van der Waals surface area contributed by atoms with Gasteiger partial charge in [-0.25, -0.2) is 17.5 Å².